The Morgan fingerprint density at radius 3 is 2.50 bits per heavy atom. The molecule has 1 aliphatic rings. The number of ether oxygens (including phenoxy) is 2. The van der Waals surface area contributed by atoms with Crippen LogP contribution in [0.15, 0.2) is 65.6 Å². The van der Waals surface area contributed by atoms with Crippen molar-refractivity contribution in [2.24, 2.45) is 0 Å². The zero-order valence-electron chi connectivity index (χ0n) is 18.7. The normalized spacial score (nSPS) is 16.4. The van der Waals surface area contributed by atoms with Gasteiger partial charge in [-0.05, 0) is 79.1 Å². The van der Waals surface area contributed by atoms with Crippen LogP contribution in [-0.4, -0.2) is 18.0 Å². The van der Waals surface area contributed by atoms with Crippen LogP contribution in [0.5, 0.6) is 11.5 Å². The molecule has 4 rings (SSSR count). The van der Waals surface area contributed by atoms with Crippen LogP contribution in [0.3, 0.4) is 0 Å². The van der Waals surface area contributed by atoms with Gasteiger partial charge in [-0.25, -0.2) is 0 Å². The van der Waals surface area contributed by atoms with Crippen molar-refractivity contribution >= 4 is 52.6 Å². The lowest BCUT2D eigenvalue weighted by Gasteiger charge is -2.15. The predicted molar refractivity (Wildman–Crippen MR) is 141 cm³/mol. The van der Waals surface area contributed by atoms with Crippen LogP contribution in [0.25, 0.3) is 6.08 Å². The van der Waals surface area contributed by atoms with Gasteiger partial charge >= 0.3 is 0 Å². The number of amides is 1. The van der Waals surface area contributed by atoms with Gasteiger partial charge in [0.1, 0.15) is 6.61 Å². The predicted octanol–water partition coefficient (Wildman–Crippen LogP) is 6.88. The molecular formula is C26H24Cl2N2O3S. The number of anilines is 1. The molecule has 2 N–H and O–H groups in total. The summed E-state index contributed by atoms with van der Waals surface area (Å²) in [4.78, 5) is 13.2. The van der Waals surface area contributed by atoms with Gasteiger partial charge in [0.15, 0.2) is 17.0 Å². The average Bonchev–Trinajstić information content (AvgIpc) is 3.15. The number of nitrogens with one attached hydrogen (secondary N) is 2. The molecule has 1 amide bonds. The number of carbonyl (C=O) groups is 1. The fourth-order valence-corrected chi connectivity index (χ4v) is 4.72. The maximum atomic E-state index is 12.6. The van der Waals surface area contributed by atoms with Crippen molar-refractivity contribution in [1.82, 2.24) is 5.32 Å². The summed E-state index contributed by atoms with van der Waals surface area (Å²) in [5.74, 6) is 1.14. The number of rotatable bonds is 8. The summed E-state index contributed by atoms with van der Waals surface area (Å²) in [7, 11) is 0. The Bertz CT molecular complexity index is 1220. The second kappa shape index (κ2) is 11.1. The van der Waals surface area contributed by atoms with Gasteiger partial charge < -0.3 is 20.1 Å². The molecule has 0 radical (unpaired) electrons. The average molecular weight is 515 g/mol. The van der Waals surface area contributed by atoms with Crippen LogP contribution < -0.4 is 20.1 Å². The monoisotopic (exact) mass is 514 g/mol. The van der Waals surface area contributed by atoms with Gasteiger partial charge in [-0.15, -0.1) is 0 Å². The van der Waals surface area contributed by atoms with E-state index in [2.05, 4.69) is 10.6 Å². The summed E-state index contributed by atoms with van der Waals surface area (Å²) < 4.78 is 11.8. The maximum absolute atomic E-state index is 12.6. The lowest BCUT2D eigenvalue weighted by atomic mass is 10.2. The minimum atomic E-state index is -0.271. The number of hydrogen-bond acceptors (Lipinski definition) is 5. The Morgan fingerprint density at radius 1 is 1.00 bits per heavy atom. The Labute approximate surface area is 213 Å². The highest BCUT2D eigenvalue weighted by Crippen LogP contribution is 2.34. The largest absolute Gasteiger partial charge is 0.490 e. The summed E-state index contributed by atoms with van der Waals surface area (Å²) >= 11 is 13.4. The summed E-state index contributed by atoms with van der Waals surface area (Å²) in [5, 5.41) is 7.66. The van der Waals surface area contributed by atoms with Crippen LogP contribution in [0.2, 0.25) is 10.0 Å². The van der Waals surface area contributed by atoms with Gasteiger partial charge in [-0.3, -0.25) is 4.79 Å². The second-order valence-corrected chi connectivity index (χ2v) is 9.66. The van der Waals surface area contributed by atoms with Crippen molar-refractivity contribution in [3.63, 3.8) is 0 Å². The van der Waals surface area contributed by atoms with Gasteiger partial charge in [0.05, 0.1) is 11.5 Å². The first-order valence-electron chi connectivity index (χ1n) is 10.8. The van der Waals surface area contributed by atoms with E-state index in [1.165, 1.54) is 11.8 Å². The number of hydrogen-bond donors (Lipinski definition) is 2. The quantitative estimate of drug-likeness (QED) is 0.321. The van der Waals surface area contributed by atoms with Crippen molar-refractivity contribution in [2.45, 2.75) is 26.0 Å². The third kappa shape index (κ3) is 6.20. The smallest absolute Gasteiger partial charge is 0.260 e. The minimum absolute atomic E-state index is 0.129. The summed E-state index contributed by atoms with van der Waals surface area (Å²) in [6.07, 6.45) is 1.85. The molecule has 8 heteroatoms. The van der Waals surface area contributed by atoms with Crippen molar-refractivity contribution < 1.29 is 14.3 Å². The molecule has 0 saturated carbocycles. The lowest BCUT2D eigenvalue weighted by molar-refractivity contribution is -0.116. The molecule has 176 valence electrons. The fourth-order valence-electron chi connectivity index (χ4n) is 3.39. The third-order valence-electron chi connectivity index (χ3n) is 5.08. The molecule has 34 heavy (non-hydrogen) atoms. The highest BCUT2D eigenvalue weighted by atomic mass is 35.5. The van der Waals surface area contributed by atoms with Crippen LogP contribution >= 0.6 is 35.0 Å². The molecule has 0 spiro atoms. The van der Waals surface area contributed by atoms with Crippen LogP contribution in [0.4, 0.5) is 5.69 Å². The van der Waals surface area contributed by atoms with Gasteiger partial charge in [-0.1, -0.05) is 53.2 Å². The first kappa shape index (κ1) is 24.3. The number of aryl methyl sites for hydroxylation is 1. The lowest BCUT2D eigenvalue weighted by Crippen LogP contribution is -2.31. The van der Waals surface area contributed by atoms with E-state index in [0.717, 1.165) is 22.4 Å². The summed E-state index contributed by atoms with van der Waals surface area (Å²) in [6, 6.07) is 18.8. The third-order valence-corrected chi connectivity index (χ3v) is 6.59. The first-order valence-corrected chi connectivity index (χ1v) is 12.4. The zero-order valence-corrected chi connectivity index (χ0v) is 21.1. The van der Waals surface area contributed by atoms with Crippen molar-refractivity contribution in [2.75, 3.05) is 11.9 Å². The Morgan fingerprint density at radius 2 is 1.76 bits per heavy atom. The van der Waals surface area contributed by atoms with E-state index in [1.54, 1.807) is 0 Å². The Balaban J connectivity index is 1.46. The fraction of sp³-hybridized carbons (Fsp3) is 0.192. The van der Waals surface area contributed by atoms with Gasteiger partial charge in [-0.2, -0.15) is 0 Å². The summed E-state index contributed by atoms with van der Waals surface area (Å²) in [6.45, 7) is 4.79. The highest BCUT2D eigenvalue weighted by molar-refractivity contribution is 8.05. The number of halogens is 2. The van der Waals surface area contributed by atoms with Crippen LogP contribution in [0.1, 0.15) is 23.6 Å². The standard InChI is InChI=1S/C26H24Cl2N2O3S/c1-3-32-23-13-18(6-11-22(23)33-15-17-4-7-19(27)8-5-17)14-24-25(31)30-26(34-24)29-21-10-9-20(28)12-16(21)2/h4-14,26,29H,3,15H2,1-2H3,(H,30,31)/b24-14-. The van der Waals surface area contributed by atoms with E-state index in [-0.39, 0.29) is 11.4 Å². The van der Waals surface area contributed by atoms with E-state index in [9.17, 15) is 4.79 Å². The van der Waals surface area contributed by atoms with Crippen molar-refractivity contribution in [3.05, 3.63) is 92.3 Å². The van der Waals surface area contributed by atoms with Gasteiger partial charge in [0.25, 0.3) is 5.91 Å². The molecule has 1 unspecified atom stereocenters. The maximum Gasteiger partial charge on any atom is 0.260 e. The molecule has 3 aromatic rings. The molecule has 0 bridgehead atoms. The van der Waals surface area contributed by atoms with Crippen molar-refractivity contribution in [1.29, 1.82) is 0 Å². The van der Waals surface area contributed by atoms with Gasteiger partial charge in [0, 0.05) is 15.7 Å². The Hall–Kier alpha value is -2.80. The molecule has 3 aromatic carbocycles. The Kier molecular flexibility index (Phi) is 7.93. The zero-order chi connectivity index (χ0) is 24.1. The van der Waals surface area contributed by atoms with E-state index in [1.807, 2.05) is 80.6 Å². The molecule has 1 atom stereocenters. The molecule has 1 saturated heterocycles. The van der Waals surface area contributed by atoms with Gasteiger partial charge in [0.2, 0.25) is 0 Å². The van der Waals surface area contributed by atoms with E-state index in [4.69, 9.17) is 32.7 Å². The number of thioether (sulfide) groups is 1. The molecule has 1 aliphatic heterocycles. The van der Waals surface area contributed by atoms with Crippen LogP contribution in [0, 0.1) is 6.92 Å². The minimum Gasteiger partial charge on any atom is -0.490 e. The molecule has 5 nitrogen and oxygen atoms in total. The molecule has 1 fully saturated rings. The first-order chi connectivity index (χ1) is 16.4. The van der Waals surface area contributed by atoms with E-state index < -0.39 is 0 Å². The molecule has 0 aliphatic carbocycles. The molecular weight excluding hydrogens is 491 g/mol. The van der Waals surface area contributed by atoms with Crippen molar-refractivity contribution in [3.8, 4) is 11.5 Å². The molecule has 0 aromatic heterocycles. The second-order valence-electron chi connectivity index (χ2n) is 7.64. The SMILES string of the molecule is CCOc1cc(/C=C2\SC(Nc3ccc(Cl)cc3C)NC2=O)ccc1OCc1ccc(Cl)cc1. The molecule has 1 heterocycles. The topological polar surface area (TPSA) is 59.6 Å². The van der Waals surface area contributed by atoms with E-state index in [0.29, 0.717) is 39.7 Å². The highest BCUT2D eigenvalue weighted by Gasteiger charge is 2.27. The number of carbonyl (C=O) groups excluding carboxylic acids is 1. The number of benzene rings is 3. The van der Waals surface area contributed by atoms with Crippen LogP contribution in [-0.2, 0) is 11.4 Å². The van der Waals surface area contributed by atoms with E-state index >= 15 is 0 Å². The summed E-state index contributed by atoms with van der Waals surface area (Å²) in [5.41, 5.74) is 3.52.